The van der Waals surface area contributed by atoms with E-state index in [0.29, 0.717) is 11.9 Å². The van der Waals surface area contributed by atoms with Crippen LogP contribution >= 0.6 is 11.6 Å². The maximum Gasteiger partial charge on any atom is 0.404 e. The normalized spacial score (nSPS) is 11.8. The van der Waals surface area contributed by atoms with Gasteiger partial charge >= 0.3 is 6.09 Å². The number of amides is 2. The number of fused-ring (bicyclic) bond motifs is 1. The van der Waals surface area contributed by atoms with Crippen molar-refractivity contribution in [2.75, 3.05) is 12.3 Å². The van der Waals surface area contributed by atoms with E-state index < -0.39 is 18.0 Å². The minimum atomic E-state index is -1.16. The van der Waals surface area contributed by atoms with Crippen molar-refractivity contribution in [3.8, 4) is 0 Å². The number of halogens is 1. The van der Waals surface area contributed by atoms with Crippen LogP contribution in [0.15, 0.2) is 35.4 Å². The lowest BCUT2D eigenvalue weighted by Crippen LogP contribution is -2.35. The molecule has 0 radical (unpaired) electrons. The summed E-state index contributed by atoms with van der Waals surface area (Å²) in [4.78, 5) is 48.7. The summed E-state index contributed by atoms with van der Waals surface area (Å²) >= 11 is 6.21. The van der Waals surface area contributed by atoms with E-state index >= 15 is 0 Å². The molecule has 2 heterocycles. The Morgan fingerprint density at radius 3 is 2.74 bits per heavy atom. The Morgan fingerprint density at radius 2 is 2.03 bits per heavy atom. The molecule has 0 aliphatic rings. The zero-order valence-electron chi connectivity index (χ0n) is 16.5. The van der Waals surface area contributed by atoms with Crippen LogP contribution in [0.25, 0.3) is 10.9 Å². The van der Waals surface area contributed by atoms with Crippen molar-refractivity contribution in [3.63, 3.8) is 0 Å². The largest absolute Gasteiger partial charge is 0.465 e. The fourth-order valence-corrected chi connectivity index (χ4v) is 3.32. The van der Waals surface area contributed by atoms with E-state index in [-0.39, 0.29) is 46.4 Å². The van der Waals surface area contributed by atoms with Gasteiger partial charge in [0.05, 0.1) is 22.0 Å². The zero-order valence-corrected chi connectivity index (χ0v) is 17.3. The molecule has 2 amide bonds. The summed E-state index contributed by atoms with van der Waals surface area (Å²) in [6, 6.07) is 4.21. The molecule has 12 heteroatoms. The number of nitrogen functional groups attached to an aromatic ring is 1. The molecule has 3 rings (SSSR count). The van der Waals surface area contributed by atoms with Crippen molar-refractivity contribution in [3.05, 3.63) is 57.5 Å². The zero-order chi connectivity index (χ0) is 22.5. The standard InChI is InChI=1S/C19H20ClN7O4/c1-10(25-17(28)14-15(21)23-8-7-22-14)16-26-12-5-2-4-11(20)13(12)18(29)27(16)9-3-6-24-19(30)31/h2,4-5,7-8,10,24H,3,6,9H2,1H3,(H2,21,23)(H,25,28)(H,30,31). The average Bonchev–Trinajstić information content (AvgIpc) is 2.72. The molecule has 0 saturated heterocycles. The van der Waals surface area contributed by atoms with Gasteiger partial charge in [0.2, 0.25) is 0 Å². The molecule has 1 aromatic carbocycles. The Hall–Kier alpha value is -3.73. The van der Waals surface area contributed by atoms with Gasteiger partial charge < -0.3 is 21.5 Å². The van der Waals surface area contributed by atoms with Crippen LogP contribution in [0.2, 0.25) is 5.02 Å². The fraction of sp³-hybridized carbons (Fsp3) is 0.263. The molecule has 1 atom stereocenters. The second-order valence-electron chi connectivity index (χ2n) is 6.63. The first kappa shape index (κ1) is 22.0. The number of nitrogens with two attached hydrogens (primary N) is 1. The Balaban J connectivity index is 1.97. The number of nitrogens with one attached hydrogen (secondary N) is 2. The SMILES string of the molecule is CC(NC(=O)c1nccnc1N)c1nc2cccc(Cl)c2c(=O)n1CCCNC(=O)O. The number of carbonyl (C=O) groups excluding carboxylic acids is 1. The van der Waals surface area contributed by atoms with Crippen LogP contribution in [0.5, 0.6) is 0 Å². The third-order valence-corrected chi connectivity index (χ3v) is 4.79. The second kappa shape index (κ2) is 9.39. The van der Waals surface area contributed by atoms with Crippen LogP contribution in [0.4, 0.5) is 10.6 Å². The molecule has 0 bridgehead atoms. The van der Waals surface area contributed by atoms with Crippen LogP contribution in [-0.2, 0) is 6.54 Å². The number of rotatable bonds is 7. The summed E-state index contributed by atoms with van der Waals surface area (Å²) in [6.07, 6.45) is 1.88. The lowest BCUT2D eigenvalue weighted by atomic mass is 10.2. The van der Waals surface area contributed by atoms with Gasteiger partial charge in [-0.05, 0) is 25.5 Å². The van der Waals surface area contributed by atoms with Gasteiger partial charge in [0.1, 0.15) is 5.82 Å². The van der Waals surface area contributed by atoms with Gasteiger partial charge in [0.15, 0.2) is 11.5 Å². The lowest BCUT2D eigenvalue weighted by Gasteiger charge is -2.20. The van der Waals surface area contributed by atoms with Gasteiger partial charge in [0.25, 0.3) is 11.5 Å². The summed E-state index contributed by atoms with van der Waals surface area (Å²) in [5.74, 6) is -0.314. The summed E-state index contributed by atoms with van der Waals surface area (Å²) in [5.41, 5.74) is 5.66. The molecule has 5 N–H and O–H groups in total. The summed E-state index contributed by atoms with van der Waals surface area (Å²) in [5, 5.41) is 14.2. The Morgan fingerprint density at radius 1 is 1.29 bits per heavy atom. The van der Waals surface area contributed by atoms with Gasteiger partial charge in [0, 0.05) is 25.5 Å². The van der Waals surface area contributed by atoms with E-state index in [4.69, 9.17) is 22.4 Å². The third kappa shape index (κ3) is 4.89. The topological polar surface area (TPSA) is 165 Å². The first-order valence-electron chi connectivity index (χ1n) is 9.32. The fourth-order valence-electron chi connectivity index (χ4n) is 3.07. The maximum absolute atomic E-state index is 13.2. The van der Waals surface area contributed by atoms with Crippen LogP contribution in [0, 0.1) is 0 Å². The lowest BCUT2D eigenvalue weighted by molar-refractivity contribution is 0.0932. The predicted molar refractivity (Wildman–Crippen MR) is 114 cm³/mol. The number of nitrogens with zero attached hydrogens (tertiary/aromatic N) is 4. The Labute approximate surface area is 181 Å². The van der Waals surface area contributed by atoms with Gasteiger partial charge in [-0.3, -0.25) is 14.2 Å². The van der Waals surface area contributed by atoms with Crippen molar-refractivity contribution in [2.45, 2.75) is 25.9 Å². The molecule has 2 aromatic heterocycles. The van der Waals surface area contributed by atoms with Crippen molar-refractivity contribution in [2.24, 2.45) is 0 Å². The first-order chi connectivity index (χ1) is 14.8. The smallest absolute Gasteiger partial charge is 0.404 e. The Bertz CT molecular complexity index is 1200. The molecule has 0 spiro atoms. The van der Waals surface area contributed by atoms with E-state index in [9.17, 15) is 14.4 Å². The van der Waals surface area contributed by atoms with Crippen LogP contribution in [0.3, 0.4) is 0 Å². The quantitative estimate of drug-likeness (QED) is 0.398. The molecule has 0 saturated carbocycles. The molecule has 11 nitrogen and oxygen atoms in total. The van der Waals surface area contributed by atoms with Crippen molar-refractivity contribution in [1.82, 2.24) is 30.2 Å². The van der Waals surface area contributed by atoms with Gasteiger partial charge in [-0.25, -0.2) is 19.7 Å². The number of hydrogen-bond acceptors (Lipinski definition) is 7. The Kier molecular flexibility index (Phi) is 6.65. The molecule has 3 aromatic rings. The van der Waals surface area contributed by atoms with E-state index in [2.05, 4.69) is 25.6 Å². The predicted octanol–water partition coefficient (Wildman–Crippen LogP) is 1.57. The molecule has 0 aliphatic heterocycles. The first-order valence-corrected chi connectivity index (χ1v) is 9.70. The van der Waals surface area contributed by atoms with E-state index in [0.717, 1.165) is 0 Å². The number of benzene rings is 1. The minimum Gasteiger partial charge on any atom is -0.465 e. The number of carbonyl (C=O) groups is 2. The van der Waals surface area contributed by atoms with E-state index in [1.807, 2.05) is 0 Å². The van der Waals surface area contributed by atoms with Crippen molar-refractivity contribution < 1.29 is 14.7 Å². The third-order valence-electron chi connectivity index (χ3n) is 4.47. The van der Waals surface area contributed by atoms with Gasteiger partial charge in [-0.1, -0.05) is 17.7 Å². The second-order valence-corrected chi connectivity index (χ2v) is 7.04. The summed E-state index contributed by atoms with van der Waals surface area (Å²) in [6.45, 7) is 1.96. The highest BCUT2D eigenvalue weighted by atomic mass is 35.5. The van der Waals surface area contributed by atoms with Crippen LogP contribution in [0.1, 0.15) is 35.7 Å². The molecular formula is C19H20ClN7O4. The van der Waals surface area contributed by atoms with Crippen molar-refractivity contribution in [1.29, 1.82) is 0 Å². The molecule has 1 unspecified atom stereocenters. The van der Waals surface area contributed by atoms with Crippen molar-refractivity contribution >= 4 is 40.3 Å². The van der Waals surface area contributed by atoms with Crippen LogP contribution < -0.4 is 21.9 Å². The number of carboxylic acid groups (broad SMARTS) is 1. The summed E-state index contributed by atoms with van der Waals surface area (Å²) in [7, 11) is 0. The molecule has 162 valence electrons. The monoisotopic (exact) mass is 445 g/mol. The molecule has 0 aliphatic carbocycles. The maximum atomic E-state index is 13.2. The number of hydrogen-bond donors (Lipinski definition) is 4. The van der Waals surface area contributed by atoms with Crippen LogP contribution in [-0.4, -0.2) is 43.2 Å². The number of anilines is 1. The molecule has 0 fully saturated rings. The molecular weight excluding hydrogens is 426 g/mol. The van der Waals surface area contributed by atoms with E-state index in [1.165, 1.54) is 17.0 Å². The minimum absolute atomic E-state index is 0.0254. The summed E-state index contributed by atoms with van der Waals surface area (Å²) < 4.78 is 1.38. The highest BCUT2D eigenvalue weighted by Gasteiger charge is 2.21. The number of aromatic nitrogens is 4. The van der Waals surface area contributed by atoms with Gasteiger partial charge in [-0.2, -0.15) is 0 Å². The van der Waals surface area contributed by atoms with Gasteiger partial charge in [-0.15, -0.1) is 0 Å². The van der Waals surface area contributed by atoms with E-state index in [1.54, 1.807) is 25.1 Å². The molecule has 31 heavy (non-hydrogen) atoms. The highest BCUT2D eigenvalue weighted by molar-refractivity contribution is 6.35. The highest BCUT2D eigenvalue weighted by Crippen LogP contribution is 2.21. The average molecular weight is 446 g/mol.